The van der Waals surface area contributed by atoms with Crippen LogP contribution >= 0.6 is 15.9 Å². The lowest BCUT2D eigenvalue weighted by atomic mass is 9.66. The highest BCUT2D eigenvalue weighted by atomic mass is 79.9. The van der Waals surface area contributed by atoms with Crippen molar-refractivity contribution >= 4 is 26.8 Å². The van der Waals surface area contributed by atoms with Gasteiger partial charge in [-0.3, -0.25) is 0 Å². The van der Waals surface area contributed by atoms with Crippen molar-refractivity contribution in [1.82, 2.24) is 4.98 Å². The number of H-pyrrole nitrogens is 1. The molecule has 3 rings (SSSR count). The first-order valence-corrected chi connectivity index (χ1v) is 7.64. The molecule has 18 heavy (non-hydrogen) atoms. The number of para-hydroxylation sites is 1. The fourth-order valence-electron chi connectivity index (χ4n) is 3.50. The Morgan fingerprint density at radius 2 is 2.11 bits per heavy atom. The zero-order valence-electron chi connectivity index (χ0n) is 11.1. The first-order valence-electron chi connectivity index (χ1n) is 6.85. The van der Waals surface area contributed by atoms with Gasteiger partial charge >= 0.3 is 0 Å². The Bertz CT molecular complexity index is 567. The van der Waals surface area contributed by atoms with E-state index in [2.05, 4.69) is 59.2 Å². The molecule has 2 aromatic rings. The molecule has 0 saturated heterocycles. The molecule has 1 unspecified atom stereocenters. The highest BCUT2D eigenvalue weighted by Crippen LogP contribution is 2.48. The number of aromatic nitrogens is 1. The van der Waals surface area contributed by atoms with Gasteiger partial charge in [0.1, 0.15) is 0 Å². The normalized spacial score (nSPS) is 23.4. The van der Waals surface area contributed by atoms with Crippen molar-refractivity contribution < 1.29 is 0 Å². The van der Waals surface area contributed by atoms with Gasteiger partial charge in [-0.2, -0.15) is 0 Å². The molecule has 1 aromatic carbocycles. The van der Waals surface area contributed by atoms with E-state index in [1.165, 1.54) is 46.6 Å². The summed E-state index contributed by atoms with van der Waals surface area (Å²) < 4.78 is 1.17. The molecular formula is C16H20BrN. The molecule has 1 aliphatic carbocycles. The van der Waals surface area contributed by atoms with Gasteiger partial charge in [0, 0.05) is 16.1 Å². The number of aromatic amines is 1. The van der Waals surface area contributed by atoms with Gasteiger partial charge in [-0.1, -0.05) is 38.8 Å². The van der Waals surface area contributed by atoms with Crippen LogP contribution in [-0.2, 0) is 0 Å². The SMILES string of the molecule is CC1(C)CCCCC1c1c[nH]c2c(Br)cccc12. The summed E-state index contributed by atoms with van der Waals surface area (Å²) in [6.07, 6.45) is 7.66. The van der Waals surface area contributed by atoms with E-state index in [1.54, 1.807) is 0 Å². The van der Waals surface area contributed by atoms with E-state index < -0.39 is 0 Å². The van der Waals surface area contributed by atoms with E-state index in [0.717, 1.165) is 0 Å². The highest BCUT2D eigenvalue weighted by molar-refractivity contribution is 9.10. The van der Waals surface area contributed by atoms with Crippen molar-refractivity contribution in [1.29, 1.82) is 0 Å². The minimum absolute atomic E-state index is 0.426. The molecule has 96 valence electrons. The van der Waals surface area contributed by atoms with Crippen LogP contribution in [0.2, 0.25) is 0 Å². The van der Waals surface area contributed by atoms with Crippen LogP contribution in [0.1, 0.15) is 51.0 Å². The Morgan fingerprint density at radius 1 is 1.28 bits per heavy atom. The Morgan fingerprint density at radius 3 is 2.89 bits per heavy atom. The van der Waals surface area contributed by atoms with Gasteiger partial charge in [0.2, 0.25) is 0 Å². The first-order chi connectivity index (χ1) is 8.59. The van der Waals surface area contributed by atoms with Crippen molar-refractivity contribution in [2.75, 3.05) is 0 Å². The number of hydrogen-bond acceptors (Lipinski definition) is 0. The van der Waals surface area contributed by atoms with Crippen molar-refractivity contribution in [3.63, 3.8) is 0 Å². The van der Waals surface area contributed by atoms with Crippen LogP contribution in [0.3, 0.4) is 0 Å². The number of benzene rings is 1. The standard InChI is InChI=1S/C16H20BrN/c1-16(2)9-4-3-7-13(16)12-10-18-15-11(12)6-5-8-14(15)17/h5-6,8,10,13,18H,3-4,7,9H2,1-2H3. The average Bonchev–Trinajstić information content (AvgIpc) is 2.74. The molecular weight excluding hydrogens is 286 g/mol. The lowest BCUT2D eigenvalue weighted by Gasteiger charge is -2.38. The predicted molar refractivity (Wildman–Crippen MR) is 81.0 cm³/mol. The maximum atomic E-state index is 3.63. The zero-order chi connectivity index (χ0) is 12.8. The molecule has 0 amide bonds. The summed E-state index contributed by atoms with van der Waals surface area (Å²) in [6.45, 7) is 4.85. The summed E-state index contributed by atoms with van der Waals surface area (Å²) >= 11 is 3.63. The largest absolute Gasteiger partial charge is 0.360 e. The molecule has 1 N–H and O–H groups in total. The molecule has 1 saturated carbocycles. The first kappa shape index (κ1) is 12.3. The van der Waals surface area contributed by atoms with Gasteiger partial charge in [-0.25, -0.2) is 0 Å². The maximum absolute atomic E-state index is 3.63. The summed E-state index contributed by atoms with van der Waals surface area (Å²) in [7, 11) is 0. The van der Waals surface area contributed by atoms with Crippen LogP contribution < -0.4 is 0 Å². The number of rotatable bonds is 1. The molecule has 2 heteroatoms. The van der Waals surface area contributed by atoms with Gasteiger partial charge < -0.3 is 4.98 Å². The number of halogens is 1. The Kier molecular flexibility index (Phi) is 3.01. The predicted octanol–water partition coefficient (Wildman–Crippen LogP) is 5.61. The number of hydrogen-bond donors (Lipinski definition) is 1. The second-order valence-electron chi connectivity index (χ2n) is 6.19. The van der Waals surface area contributed by atoms with Gasteiger partial charge in [0.15, 0.2) is 0 Å². The summed E-state index contributed by atoms with van der Waals surface area (Å²) in [4.78, 5) is 3.44. The smallest absolute Gasteiger partial charge is 0.0601 e. The molecule has 1 nitrogen and oxygen atoms in total. The van der Waals surface area contributed by atoms with E-state index in [0.29, 0.717) is 11.3 Å². The van der Waals surface area contributed by atoms with E-state index in [4.69, 9.17) is 0 Å². The molecule has 0 bridgehead atoms. The molecule has 0 aliphatic heterocycles. The Balaban J connectivity index is 2.11. The minimum atomic E-state index is 0.426. The van der Waals surface area contributed by atoms with Crippen molar-refractivity contribution in [3.05, 3.63) is 34.4 Å². The molecule has 1 atom stereocenters. The molecule has 1 aromatic heterocycles. The third kappa shape index (κ3) is 1.91. The maximum Gasteiger partial charge on any atom is 0.0601 e. The van der Waals surface area contributed by atoms with Crippen LogP contribution in [0.4, 0.5) is 0 Å². The van der Waals surface area contributed by atoms with Crippen LogP contribution in [0.25, 0.3) is 10.9 Å². The lowest BCUT2D eigenvalue weighted by Crippen LogP contribution is -2.25. The summed E-state index contributed by atoms with van der Waals surface area (Å²) in [5, 5.41) is 1.39. The van der Waals surface area contributed by atoms with Gasteiger partial charge in [-0.05, 0) is 51.7 Å². The van der Waals surface area contributed by atoms with Gasteiger partial charge in [-0.15, -0.1) is 0 Å². The highest BCUT2D eigenvalue weighted by Gasteiger charge is 2.34. The minimum Gasteiger partial charge on any atom is -0.360 e. The second-order valence-corrected chi connectivity index (χ2v) is 7.05. The fourth-order valence-corrected chi connectivity index (χ4v) is 3.98. The second kappa shape index (κ2) is 4.41. The summed E-state index contributed by atoms with van der Waals surface area (Å²) in [6, 6.07) is 6.49. The summed E-state index contributed by atoms with van der Waals surface area (Å²) in [5.74, 6) is 0.689. The van der Waals surface area contributed by atoms with E-state index in [1.807, 2.05) is 0 Å². The van der Waals surface area contributed by atoms with E-state index >= 15 is 0 Å². The Labute approximate surface area is 117 Å². The van der Waals surface area contributed by atoms with Crippen LogP contribution in [0.15, 0.2) is 28.9 Å². The quantitative estimate of drug-likeness (QED) is 0.704. The van der Waals surface area contributed by atoms with Crippen LogP contribution in [0, 0.1) is 5.41 Å². The zero-order valence-corrected chi connectivity index (χ0v) is 12.7. The summed E-state index contributed by atoms with van der Waals surface area (Å²) in [5.41, 5.74) is 3.18. The Hall–Kier alpha value is -0.760. The van der Waals surface area contributed by atoms with E-state index in [-0.39, 0.29) is 0 Å². The van der Waals surface area contributed by atoms with Crippen LogP contribution in [-0.4, -0.2) is 4.98 Å². The molecule has 0 spiro atoms. The van der Waals surface area contributed by atoms with Crippen LogP contribution in [0.5, 0.6) is 0 Å². The van der Waals surface area contributed by atoms with Gasteiger partial charge in [0.25, 0.3) is 0 Å². The lowest BCUT2D eigenvalue weighted by molar-refractivity contribution is 0.201. The van der Waals surface area contributed by atoms with Crippen molar-refractivity contribution in [2.45, 2.75) is 45.4 Å². The monoisotopic (exact) mass is 305 g/mol. The molecule has 0 radical (unpaired) electrons. The van der Waals surface area contributed by atoms with Crippen molar-refractivity contribution in [2.24, 2.45) is 5.41 Å². The third-order valence-corrected chi connectivity index (χ3v) is 5.24. The number of nitrogens with one attached hydrogen (secondary N) is 1. The topological polar surface area (TPSA) is 15.8 Å². The number of fused-ring (bicyclic) bond motifs is 1. The van der Waals surface area contributed by atoms with Gasteiger partial charge in [0.05, 0.1) is 5.52 Å². The van der Waals surface area contributed by atoms with Crippen molar-refractivity contribution in [3.8, 4) is 0 Å². The molecule has 1 aliphatic rings. The molecule has 1 heterocycles. The third-order valence-electron chi connectivity index (χ3n) is 4.58. The fraction of sp³-hybridized carbons (Fsp3) is 0.500. The average molecular weight is 306 g/mol. The van der Waals surface area contributed by atoms with E-state index in [9.17, 15) is 0 Å². The molecule has 1 fully saturated rings.